The standard InChI is InChI=1S/C28H42N4O4/c1-2-3-4-5-6-10-13-25(33)29-16-14-28(15-17-29)27(35)31(22-26(34)30-18-20-36-21-19-30)23-32(28)24-11-8-7-9-12-24/h7-9,11-12H,2-6,10,13-23H2,1H3. The van der Waals surface area contributed by atoms with Gasteiger partial charge >= 0.3 is 0 Å². The Labute approximate surface area is 215 Å². The van der Waals surface area contributed by atoms with Gasteiger partial charge in [-0.25, -0.2) is 0 Å². The van der Waals surface area contributed by atoms with E-state index in [0.29, 0.717) is 65.3 Å². The molecule has 8 nitrogen and oxygen atoms in total. The first-order valence-corrected chi connectivity index (χ1v) is 13.8. The van der Waals surface area contributed by atoms with E-state index in [1.54, 1.807) is 9.80 Å². The third kappa shape index (κ3) is 6.02. The zero-order valence-electron chi connectivity index (χ0n) is 21.8. The van der Waals surface area contributed by atoms with Crippen molar-refractivity contribution >= 4 is 23.4 Å². The van der Waals surface area contributed by atoms with Gasteiger partial charge in [-0.05, 0) is 31.4 Å². The first kappa shape index (κ1) is 26.5. The number of morpholine rings is 1. The lowest BCUT2D eigenvalue weighted by atomic mass is 9.85. The largest absolute Gasteiger partial charge is 0.378 e. The third-order valence-corrected chi connectivity index (χ3v) is 7.96. The molecule has 1 aromatic carbocycles. The second kappa shape index (κ2) is 12.6. The van der Waals surface area contributed by atoms with E-state index in [4.69, 9.17) is 4.74 Å². The van der Waals surface area contributed by atoms with Crippen molar-refractivity contribution in [1.82, 2.24) is 14.7 Å². The van der Waals surface area contributed by atoms with Gasteiger partial charge in [0, 0.05) is 38.3 Å². The summed E-state index contributed by atoms with van der Waals surface area (Å²) >= 11 is 0. The van der Waals surface area contributed by atoms with Crippen molar-refractivity contribution in [3.63, 3.8) is 0 Å². The number of carbonyl (C=O) groups excluding carboxylic acids is 3. The van der Waals surface area contributed by atoms with Crippen LogP contribution >= 0.6 is 0 Å². The van der Waals surface area contributed by atoms with Crippen molar-refractivity contribution < 1.29 is 19.1 Å². The second-order valence-electron chi connectivity index (χ2n) is 10.3. The summed E-state index contributed by atoms with van der Waals surface area (Å²) < 4.78 is 5.37. The zero-order chi connectivity index (χ0) is 25.4. The fraction of sp³-hybridized carbons (Fsp3) is 0.679. The average molecular weight is 499 g/mol. The van der Waals surface area contributed by atoms with E-state index in [1.165, 1.54) is 25.7 Å². The van der Waals surface area contributed by atoms with E-state index in [2.05, 4.69) is 11.8 Å². The second-order valence-corrected chi connectivity index (χ2v) is 10.3. The molecule has 0 aromatic heterocycles. The molecular weight excluding hydrogens is 456 g/mol. The number of unbranched alkanes of at least 4 members (excludes halogenated alkanes) is 5. The van der Waals surface area contributed by atoms with E-state index >= 15 is 0 Å². The summed E-state index contributed by atoms with van der Waals surface area (Å²) in [5, 5.41) is 0. The summed E-state index contributed by atoms with van der Waals surface area (Å²) in [5.74, 6) is 0.190. The van der Waals surface area contributed by atoms with Crippen molar-refractivity contribution in [2.45, 2.75) is 70.3 Å². The normalized spacial score (nSPS) is 19.9. The highest BCUT2D eigenvalue weighted by molar-refractivity contribution is 5.96. The minimum absolute atomic E-state index is 0.0102. The van der Waals surface area contributed by atoms with Crippen LogP contribution in [0.3, 0.4) is 0 Å². The van der Waals surface area contributed by atoms with Gasteiger partial charge in [-0.1, -0.05) is 57.2 Å². The number of hydrogen-bond donors (Lipinski definition) is 0. The monoisotopic (exact) mass is 498 g/mol. The molecular formula is C28H42N4O4. The predicted molar refractivity (Wildman–Crippen MR) is 139 cm³/mol. The van der Waals surface area contributed by atoms with Crippen LogP contribution in [0.15, 0.2) is 30.3 Å². The fourth-order valence-electron chi connectivity index (χ4n) is 5.74. The van der Waals surface area contributed by atoms with Crippen molar-refractivity contribution in [3.05, 3.63) is 30.3 Å². The van der Waals surface area contributed by atoms with E-state index in [9.17, 15) is 14.4 Å². The Morgan fingerprint density at radius 2 is 1.50 bits per heavy atom. The number of rotatable bonds is 10. The van der Waals surface area contributed by atoms with Crippen LogP contribution in [0.5, 0.6) is 0 Å². The molecule has 0 saturated carbocycles. The quantitative estimate of drug-likeness (QED) is 0.463. The number of likely N-dealkylation sites (tertiary alicyclic amines) is 1. The van der Waals surface area contributed by atoms with Gasteiger partial charge < -0.3 is 24.3 Å². The van der Waals surface area contributed by atoms with E-state index in [0.717, 1.165) is 18.5 Å². The Kier molecular flexibility index (Phi) is 9.24. The highest BCUT2D eigenvalue weighted by Crippen LogP contribution is 2.39. The first-order chi connectivity index (χ1) is 17.5. The number of anilines is 1. The fourth-order valence-corrected chi connectivity index (χ4v) is 5.74. The maximum absolute atomic E-state index is 13.8. The number of para-hydroxylation sites is 1. The van der Waals surface area contributed by atoms with E-state index < -0.39 is 5.54 Å². The Morgan fingerprint density at radius 3 is 2.19 bits per heavy atom. The summed E-state index contributed by atoms with van der Waals surface area (Å²) in [7, 11) is 0. The molecule has 0 aliphatic carbocycles. The zero-order valence-corrected chi connectivity index (χ0v) is 21.8. The third-order valence-electron chi connectivity index (χ3n) is 7.96. The van der Waals surface area contributed by atoms with Crippen LogP contribution in [0.4, 0.5) is 5.69 Å². The summed E-state index contributed by atoms with van der Waals surface area (Å²) in [5.41, 5.74) is 0.280. The number of carbonyl (C=O) groups is 3. The molecule has 1 aromatic rings. The van der Waals surface area contributed by atoms with E-state index in [-0.39, 0.29) is 24.3 Å². The van der Waals surface area contributed by atoms with Gasteiger partial charge in [0.1, 0.15) is 12.1 Å². The highest BCUT2D eigenvalue weighted by Gasteiger charge is 2.54. The summed E-state index contributed by atoms with van der Waals surface area (Å²) in [6.07, 6.45) is 8.76. The van der Waals surface area contributed by atoms with Crippen molar-refractivity contribution in [2.75, 3.05) is 57.5 Å². The molecule has 3 fully saturated rings. The minimum atomic E-state index is -0.705. The van der Waals surface area contributed by atoms with Gasteiger partial charge in [-0.3, -0.25) is 14.4 Å². The maximum Gasteiger partial charge on any atom is 0.250 e. The molecule has 198 valence electrons. The SMILES string of the molecule is CCCCCCCCC(=O)N1CCC2(CC1)C(=O)N(CC(=O)N1CCOCC1)CN2c1ccccc1. The van der Waals surface area contributed by atoms with E-state index in [1.807, 2.05) is 35.2 Å². The van der Waals surface area contributed by atoms with Crippen LogP contribution in [-0.2, 0) is 19.1 Å². The molecule has 3 aliphatic rings. The lowest BCUT2D eigenvalue weighted by Crippen LogP contribution is -2.57. The number of piperidine rings is 1. The molecule has 0 unspecified atom stereocenters. The van der Waals surface area contributed by atoms with Gasteiger partial charge in [-0.2, -0.15) is 0 Å². The van der Waals surface area contributed by atoms with Gasteiger partial charge in [0.25, 0.3) is 5.91 Å². The van der Waals surface area contributed by atoms with Crippen molar-refractivity contribution in [3.8, 4) is 0 Å². The maximum atomic E-state index is 13.8. The molecule has 0 radical (unpaired) electrons. The Balaban J connectivity index is 1.39. The van der Waals surface area contributed by atoms with Gasteiger partial charge in [0.2, 0.25) is 11.8 Å². The predicted octanol–water partition coefficient (Wildman–Crippen LogP) is 3.26. The molecule has 3 aliphatic heterocycles. The number of benzene rings is 1. The van der Waals surface area contributed by atoms with Crippen LogP contribution in [0.25, 0.3) is 0 Å². The van der Waals surface area contributed by atoms with Gasteiger partial charge in [-0.15, -0.1) is 0 Å². The average Bonchev–Trinajstić information content (AvgIpc) is 3.18. The van der Waals surface area contributed by atoms with Crippen molar-refractivity contribution in [2.24, 2.45) is 0 Å². The first-order valence-electron chi connectivity index (χ1n) is 13.8. The number of nitrogens with zero attached hydrogens (tertiary/aromatic N) is 4. The van der Waals surface area contributed by atoms with Crippen LogP contribution in [0, 0.1) is 0 Å². The Morgan fingerprint density at radius 1 is 0.861 bits per heavy atom. The number of ether oxygens (including phenoxy) is 1. The molecule has 3 heterocycles. The Bertz CT molecular complexity index is 879. The molecule has 0 bridgehead atoms. The molecule has 3 amide bonds. The summed E-state index contributed by atoms with van der Waals surface area (Å²) in [6.45, 7) is 6.08. The van der Waals surface area contributed by atoms with Crippen LogP contribution in [0.1, 0.15) is 64.7 Å². The molecule has 0 atom stereocenters. The van der Waals surface area contributed by atoms with Gasteiger partial charge in [0.05, 0.1) is 19.9 Å². The molecule has 1 spiro atoms. The van der Waals surface area contributed by atoms with Crippen LogP contribution in [-0.4, -0.2) is 90.6 Å². The Hall–Kier alpha value is -2.61. The molecule has 0 N–H and O–H groups in total. The summed E-state index contributed by atoms with van der Waals surface area (Å²) in [6, 6.07) is 9.98. The molecule has 4 rings (SSSR count). The number of hydrogen-bond acceptors (Lipinski definition) is 5. The smallest absolute Gasteiger partial charge is 0.250 e. The van der Waals surface area contributed by atoms with Gasteiger partial charge in [0.15, 0.2) is 0 Å². The lowest BCUT2D eigenvalue weighted by molar-refractivity contribution is -0.143. The topological polar surface area (TPSA) is 73.4 Å². The molecule has 36 heavy (non-hydrogen) atoms. The lowest BCUT2D eigenvalue weighted by Gasteiger charge is -2.43. The molecule has 3 saturated heterocycles. The summed E-state index contributed by atoms with van der Waals surface area (Å²) in [4.78, 5) is 47.3. The van der Waals surface area contributed by atoms with Crippen LogP contribution < -0.4 is 4.90 Å². The number of amides is 3. The van der Waals surface area contributed by atoms with Crippen LogP contribution in [0.2, 0.25) is 0 Å². The highest BCUT2D eigenvalue weighted by atomic mass is 16.5. The van der Waals surface area contributed by atoms with Crippen molar-refractivity contribution in [1.29, 1.82) is 0 Å². The molecule has 8 heteroatoms. The minimum Gasteiger partial charge on any atom is -0.378 e.